The lowest BCUT2D eigenvalue weighted by atomic mass is 10.1. The summed E-state index contributed by atoms with van der Waals surface area (Å²) in [6.07, 6.45) is 6.77. The van der Waals surface area contributed by atoms with Crippen molar-refractivity contribution < 1.29 is 9.26 Å². The van der Waals surface area contributed by atoms with E-state index >= 15 is 0 Å². The molecule has 0 atom stereocenters. The fraction of sp³-hybridized carbons (Fsp3) is 0.611. The number of piperazine rings is 1. The Kier molecular flexibility index (Phi) is 5.85. The number of allylic oxidation sites excluding steroid dienone is 3. The summed E-state index contributed by atoms with van der Waals surface area (Å²) >= 11 is 5.77. The lowest BCUT2D eigenvalue weighted by molar-refractivity contribution is 0.111. The molecule has 3 rings (SSSR count). The van der Waals surface area contributed by atoms with Gasteiger partial charge in [-0.15, -0.1) is 11.6 Å². The Hall–Kier alpha value is -1.46. The summed E-state index contributed by atoms with van der Waals surface area (Å²) in [6, 6.07) is 1.94. The third-order valence-electron chi connectivity index (χ3n) is 4.31. The summed E-state index contributed by atoms with van der Waals surface area (Å²) in [5.74, 6) is 2.43. The summed E-state index contributed by atoms with van der Waals surface area (Å²) < 4.78 is 11.4. The number of aromatic nitrogens is 1. The summed E-state index contributed by atoms with van der Waals surface area (Å²) in [6.45, 7) is 8.98. The third kappa shape index (κ3) is 4.33. The predicted octanol–water partition coefficient (Wildman–Crippen LogP) is 3.52. The van der Waals surface area contributed by atoms with E-state index < -0.39 is 0 Å². The number of rotatable bonds is 6. The first-order chi connectivity index (χ1) is 11.7. The molecule has 0 saturated carbocycles. The first-order valence-corrected chi connectivity index (χ1v) is 9.23. The summed E-state index contributed by atoms with van der Waals surface area (Å²) in [4.78, 5) is 4.83. The minimum Gasteiger partial charge on any atom is -0.493 e. The molecule has 6 heteroatoms. The highest BCUT2D eigenvalue weighted by Crippen LogP contribution is 2.25. The number of ether oxygens (including phenoxy) is 1. The molecule has 1 aromatic rings. The molecule has 5 nitrogen and oxygen atoms in total. The number of alkyl halides is 1. The molecule has 2 aliphatic rings. The average molecular weight is 352 g/mol. The predicted molar refractivity (Wildman–Crippen MR) is 94.5 cm³/mol. The fourth-order valence-electron chi connectivity index (χ4n) is 3.18. The summed E-state index contributed by atoms with van der Waals surface area (Å²) in [7, 11) is 0. The number of halogens is 1. The third-order valence-corrected chi connectivity index (χ3v) is 4.59. The molecule has 1 aromatic heterocycles. The van der Waals surface area contributed by atoms with Gasteiger partial charge in [0.25, 0.3) is 0 Å². The van der Waals surface area contributed by atoms with Crippen molar-refractivity contribution in [3.63, 3.8) is 0 Å². The first kappa shape index (κ1) is 17.4. The van der Waals surface area contributed by atoms with Gasteiger partial charge in [-0.1, -0.05) is 11.2 Å². The van der Waals surface area contributed by atoms with E-state index in [4.69, 9.17) is 20.9 Å². The Balaban J connectivity index is 1.57. The van der Waals surface area contributed by atoms with Gasteiger partial charge >= 0.3 is 0 Å². The highest BCUT2D eigenvalue weighted by Gasteiger charge is 2.23. The second-order valence-electron chi connectivity index (χ2n) is 6.60. The molecule has 0 N–H and O–H groups in total. The van der Waals surface area contributed by atoms with Crippen molar-refractivity contribution in [2.45, 2.75) is 45.2 Å². The number of nitrogens with zero attached hydrogens (tertiary/aromatic N) is 3. The standard InChI is InChI=1S/C18H26ClN3O2/c1-14(2)23-18-6-4-3-5-17(18)22-9-7-21(8-10-22)13-16-11-15(12-19)20-24-16/h3,5,11,14H,4,6-10,12-13H2,1-2H3. The molecule has 1 aliphatic carbocycles. The van der Waals surface area contributed by atoms with Gasteiger partial charge in [-0.2, -0.15) is 0 Å². The van der Waals surface area contributed by atoms with Crippen LogP contribution in [-0.4, -0.2) is 47.2 Å². The molecule has 0 amide bonds. The van der Waals surface area contributed by atoms with Crippen molar-refractivity contribution in [1.82, 2.24) is 15.0 Å². The van der Waals surface area contributed by atoms with E-state index in [1.807, 2.05) is 6.07 Å². The smallest absolute Gasteiger partial charge is 0.151 e. The average Bonchev–Trinajstić information content (AvgIpc) is 3.03. The lowest BCUT2D eigenvalue weighted by Gasteiger charge is -2.37. The van der Waals surface area contributed by atoms with Gasteiger partial charge in [-0.3, -0.25) is 4.90 Å². The van der Waals surface area contributed by atoms with Crippen LogP contribution in [0.15, 0.2) is 34.2 Å². The Morgan fingerprint density at radius 3 is 2.75 bits per heavy atom. The Labute approximate surface area is 148 Å². The zero-order valence-corrected chi connectivity index (χ0v) is 15.3. The zero-order valence-electron chi connectivity index (χ0n) is 14.5. The molecule has 1 fully saturated rings. The summed E-state index contributed by atoms with van der Waals surface area (Å²) in [5, 5.41) is 3.95. The van der Waals surface area contributed by atoms with Crippen LogP contribution in [0.4, 0.5) is 0 Å². The highest BCUT2D eigenvalue weighted by atomic mass is 35.5. The van der Waals surface area contributed by atoms with E-state index in [0.717, 1.165) is 62.8 Å². The van der Waals surface area contributed by atoms with E-state index in [2.05, 4.69) is 41.0 Å². The molecule has 1 aliphatic heterocycles. The maximum Gasteiger partial charge on any atom is 0.151 e. The normalized spacial score (nSPS) is 19.4. The second kappa shape index (κ2) is 8.08. The highest BCUT2D eigenvalue weighted by molar-refractivity contribution is 6.16. The molecule has 1 saturated heterocycles. The molecule has 0 aromatic carbocycles. The molecule has 0 spiro atoms. The maximum atomic E-state index is 6.03. The van der Waals surface area contributed by atoms with Gasteiger partial charge in [0.1, 0.15) is 5.76 Å². The van der Waals surface area contributed by atoms with Crippen molar-refractivity contribution in [1.29, 1.82) is 0 Å². The van der Waals surface area contributed by atoms with Crippen LogP contribution in [0.2, 0.25) is 0 Å². The number of hydrogen-bond acceptors (Lipinski definition) is 5. The SMILES string of the molecule is CC(C)OC1=C(N2CCN(Cc3cc(CCl)no3)CC2)C=CCC1. The van der Waals surface area contributed by atoms with Crippen molar-refractivity contribution >= 4 is 11.6 Å². The van der Waals surface area contributed by atoms with E-state index in [9.17, 15) is 0 Å². The second-order valence-corrected chi connectivity index (χ2v) is 6.86. The zero-order chi connectivity index (χ0) is 16.9. The molecule has 0 bridgehead atoms. The van der Waals surface area contributed by atoms with Crippen molar-refractivity contribution in [2.24, 2.45) is 0 Å². The van der Waals surface area contributed by atoms with Crippen LogP contribution in [0, 0.1) is 0 Å². The minimum absolute atomic E-state index is 0.227. The Morgan fingerprint density at radius 2 is 2.08 bits per heavy atom. The fourth-order valence-corrected chi connectivity index (χ4v) is 3.30. The summed E-state index contributed by atoms with van der Waals surface area (Å²) in [5.41, 5.74) is 2.07. The first-order valence-electron chi connectivity index (χ1n) is 8.70. The minimum atomic E-state index is 0.227. The van der Waals surface area contributed by atoms with E-state index in [1.54, 1.807) is 0 Å². The van der Waals surface area contributed by atoms with Crippen LogP contribution >= 0.6 is 11.6 Å². The largest absolute Gasteiger partial charge is 0.493 e. The molecule has 0 unspecified atom stereocenters. The molecule has 0 radical (unpaired) electrons. The Bertz CT molecular complexity index is 601. The monoisotopic (exact) mass is 351 g/mol. The van der Waals surface area contributed by atoms with Crippen molar-refractivity contribution in [3.05, 3.63) is 41.1 Å². The van der Waals surface area contributed by atoms with Gasteiger partial charge < -0.3 is 14.2 Å². The molecule has 132 valence electrons. The van der Waals surface area contributed by atoms with Crippen LogP contribution in [0.5, 0.6) is 0 Å². The van der Waals surface area contributed by atoms with Gasteiger partial charge in [0, 0.05) is 38.7 Å². The molecular weight excluding hydrogens is 326 g/mol. The maximum absolute atomic E-state index is 6.03. The molecule has 2 heterocycles. The van der Waals surface area contributed by atoms with Gasteiger partial charge in [-0.25, -0.2) is 0 Å². The quantitative estimate of drug-likeness (QED) is 0.733. The van der Waals surface area contributed by atoms with Gasteiger partial charge in [0.15, 0.2) is 5.76 Å². The van der Waals surface area contributed by atoms with Crippen LogP contribution < -0.4 is 0 Å². The van der Waals surface area contributed by atoms with Crippen molar-refractivity contribution in [2.75, 3.05) is 26.2 Å². The molecular formula is C18H26ClN3O2. The van der Waals surface area contributed by atoms with Crippen LogP contribution in [0.25, 0.3) is 0 Å². The Morgan fingerprint density at radius 1 is 1.29 bits per heavy atom. The van der Waals surface area contributed by atoms with Crippen LogP contribution in [-0.2, 0) is 17.2 Å². The van der Waals surface area contributed by atoms with E-state index in [1.165, 1.54) is 5.70 Å². The van der Waals surface area contributed by atoms with Crippen LogP contribution in [0.1, 0.15) is 38.1 Å². The van der Waals surface area contributed by atoms with E-state index in [-0.39, 0.29) is 6.10 Å². The van der Waals surface area contributed by atoms with Gasteiger partial charge in [0.05, 0.1) is 29.9 Å². The van der Waals surface area contributed by atoms with Gasteiger partial charge in [0.2, 0.25) is 0 Å². The topological polar surface area (TPSA) is 41.7 Å². The molecule has 24 heavy (non-hydrogen) atoms. The van der Waals surface area contributed by atoms with Crippen LogP contribution in [0.3, 0.4) is 0 Å². The van der Waals surface area contributed by atoms with Crippen molar-refractivity contribution in [3.8, 4) is 0 Å². The van der Waals surface area contributed by atoms with Gasteiger partial charge in [-0.05, 0) is 26.3 Å². The lowest BCUT2D eigenvalue weighted by Crippen LogP contribution is -2.45. The van der Waals surface area contributed by atoms with E-state index in [0.29, 0.717) is 5.88 Å². The number of hydrogen-bond donors (Lipinski definition) is 0.